The molecule has 3 aliphatic rings. The number of hydrogen-bond acceptors (Lipinski definition) is 3. The highest BCUT2D eigenvalue weighted by Gasteiger charge is 2.40. The van der Waals surface area contributed by atoms with Gasteiger partial charge in [-0.15, -0.1) is 11.8 Å². The van der Waals surface area contributed by atoms with Gasteiger partial charge in [0.2, 0.25) is 5.91 Å². The normalized spacial score (nSPS) is 33.7. The molecule has 4 rings (SSSR count). The predicted molar refractivity (Wildman–Crippen MR) is 119 cm³/mol. The van der Waals surface area contributed by atoms with E-state index in [-0.39, 0.29) is 23.8 Å². The van der Waals surface area contributed by atoms with Gasteiger partial charge in [-0.1, -0.05) is 36.8 Å². The van der Waals surface area contributed by atoms with Crippen molar-refractivity contribution in [3.63, 3.8) is 0 Å². The highest BCUT2D eigenvalue weighted by atomic mass is 32.2. The van der Waals surface area contributed by atoms with Crippen LogP contribution in [-0.4, -0.2) is 29.1 Å². The summed E-state index contributed by atoms with van der Waals surface area (Å²) in [5.41, 5.74) is 2.27. The van der Waals surface area contributed by atoms with Gasteiger partial charge in [-0.2, -0.15) is 0 Å². The molecule has 156 valence electrons. The molecule has 2 amide bonds. The molecule has 3 fully saturated rings. The minimum atomic E-state index is -0.000786. The molecule has 0 bridgehead atoms. The summed E-state index contributed by atoms with van der Waals surface area (Å²) in [4.78, 5) is 26.2. The molecular weight excluding hydrogens is 380 g/mol. The van der Waals surface area contributed by atoms with Crippen molar-refractivity contribution in [3.8, 4) is 0 Å². The average Bonchev–Trinajstić information content (AvgIpc) is 2.71. The average molecular weight is 413 g/mol. The predicted octanol–water partition coefficient (Wildman–Crippen LogP) is 4.43. The fourth-order valence-electron chi connectivity index (χ4n) is 4.77. The summed E-state index contributed by atoms with van der Waals surface area (Å²) in [7, 11) is 0. The number of benzene rings is 1. The van der Waals surface area contributed by atoms with Crippen LogP contribution in [-0.2, 0) is 9.59 Å². The van der Waals surface area contributed by atoms with E-state index in [2.05, 4.69) is 48.7 Å². The van der Waals surface area contributed by atoms with E-state index >= 15 is 0 Å². The van der Waals surface area contributed by atoms with E-state index in [0.29, 0.717) is 11.3 Å². The van der Waals surface area contributed by atoms with Crippen LogP contribution < -0.4 is 10.6 Å². The second-order valence-electron chi connectivity index (χ2n) is 9.13. The zero-order valence-electron chi connectivity index (χ0n) is 17.4. The molecular formula is C24H32N2O2S. The van der Waals surface area contributed by atoms with Gasteiger partial charge in [-0.05, 0) is 69.4 Å². The number of hydrogen-bond donors (Lipinski definition) is 2. The van der Waals surface area contributed by atoms with Crippen LogP contribution in [0, 0.1) is 18.8 Å². The second kappa shape index (κ2) is 8.95. The number of rotatable bonds is 3. The highest BCUT2D eigenvalue weighted by Crippen LogP contribution is 2.40. The van der Waals surface area contributed by atoms with E-state index < -0.39 is 0 Å². The Bertz CT molecular complexity index is 781. The van der Waals surface area contributed by atoms with Gasteiger partial charge in [-0.3, -0.25) is 9.59 Å². The molecule has 0 spiro atoms. The topological polar surface area (TPSA) is 58.2 Å². The lowest BCUT2D eigenvalue weighted by molar-refractivity contribution is -0.128. The van der Waals surface area contributed by atoms with E-state index in [1.54, 1.807) is 11.8 Å². The Morgan fingerprint density at radius 2 is 1.83 bits per heavy atom. The van der Waals surface area contributed by atoms with E-state index in [4.69, 9.17) is 0 Å². The van der Waals surface area contributed by atoms with Crippen molar-refractivity contribution in [3.05, 3.63) is 40.3 Å². The first-order chi connectivity index (χ1) is 14.0. The summed E-state index contributed by atoms with van der Waals surface area (Å²) in [5.74, 6) is 1.01. The summed E-state index contributed by atoms with van der Waals surface area (Å²) in [5, 5.41) is 6.84. The third-order valence-electron chi connectivity index (χ3n) is 6.71. The highest BCUT2D eigenvalue weighted by molar-refractivity contribution is 8.04. The Balaban J connectivity index is 1.34. The summed E-state index contributed by atoms with van der Waals surface area (Å²) < 4.78 is 0. The number of carbonyl (C=O) groups excluding carboxylic acids is 2. The molecule has 1 heterocycles. The number of thioether (sulfide) groups is 1. The molecule has 2 N–H and O–H groups in total. The molecule has 4 nitrogen and oxygen atoms in total. The van der Waals surface area contributed by atoms with Crippen molar-refractivity contribution < 1.29 is 9.59 Å². The standard InChI is InChI=1S/C24H32N2O2S/c1-15-3-7-17(8-4-15)13-22-24(28)26-20-14-18(9-12-21(20)29-22)23(27)25-19-10-5-16(2)6-11-19/h3-4,7-8,13,16,18-21H,5-6,9-12,14H2,1-2H3,(H,25,27)(H,26,28)/b22-13+. The molecule has 2 aliphatic carbocycles. The summed E-state index contributed by atoms with van der Waals surface area (Å²) >= 11 is 1.69. The minimum absolute atomic E-state index is 0.000786. The van der Waals surface area contributed by atoms with Crippen molar-refractivity contribution in [2.24, 2.45) is 11.8 Å². The van der Waals surface area contributed by atoms with Crippen molar-refractivity contribution in [1.82, 2.24) is 10.6 Å². The minimum Gasteiger partial charge on any atom is -0.353 e. The van der Waals surface area contributed by atoms with Gasteiger partial charge in [0, 0.05) is 23.3 Å². The molecule has 29 heavy (non-hydrogen) atoms. The fraction of sp³-hybridized carbons (Fsp3) is 0.583. The molecule has 1 aromatic carbocycles. The van der Waals surface area contributed by atoms with Crippen molar-refractivity contribution >= 4 is 29.7 Å². The van der Waals surface area contributed by atoms with Crippen LogP contribution >= 0.6 is 11.8 Å². The Morgan fingerprint density at radius 3 is 2.55 bits per heavy atom. The van der Waals surface area contributed by atoms with Crippen LogP contribution in [0.15, 0.2) is 29.2 Å². The van der Waals surface area contributed by atoms with Crippen LogP contribution in [0.3, 0.4) is 0 Å². The molecule has 0 aromatic heterocycles. The van der Waals surface area contributed by atoms with Gasteiger partial charge in [-0.25, -0.2) is 0 Å². The fourth-order valence-corrected chi connectivity index (χ4v) is 6.06. The van der Waals surface area contributed by atoms with Gasteiger partial charge >= 0.3 is 0 Å². The van der Waals surface area contributed by atoms with Crippen LogP contribution in [0.25, 0.3) is 6.08 Å². The van der Waals surface area contributed by atoms with Gasteiger partial charge < -0.3 is 10.6 Å². The van der Waals surface area contributed by atoms with Crippen molar-refractivity contribution in [1.29, 1.82) is 0 Å². The van der Waals surface area contributed by atoms with E-state index in [1.807, 2.05) is 6.08 Å². The monoisotopic (exact) mass is 412 g/mol. The maximum Gasteiger partial charge on any atom is 0.257 e. The number of aryl methyl sites for hydroxylation is 1. The van der Waals surface area contributed by atoms with Crippen LogP contribution in [0.5, 0.6) is 0 Å². The quantitative estimate of drug-likeness (QED) is 0.722. The van der Waals surface area contributed by atoms with Gasteiger partial charge in [0.25, 0.3) is 5.91 Å². The van der Waals surface area contributed by atoms with Gasteiger partial charge in [0.1, 0.15) is 0 Å². The Morgan fingerprint density at radius 1 is 1.10 bits per heavy atom. The molecule has 3 atom stereocenters. The largest absolute Gasteiger partial charge is 0.353 e. The van der Waals surface area contributed by atoms with Gasteiger partial charge in [0.05, 0.1) is 4.91 Å². The van der Waals surface area contributed by atoms with Crippen molar-refractivity contribution in [2.75, 3.05) is 0 Å². The van der Waals surface area contributed by atoms with E-state index in [9.17, 15) is 9.59 Å². The third kappa shape index (κ3) is 5.06. The molecule has 1 aliphatic heterocycles. The Hall–Kier alpha value is -1.75. The number of fused-ring (bicyclic) bond motifs is 1. The zero-order chi connectivity index (χ0) is 20.4. The number of carbonyl (C=O) groups is 2. The maximum absolute atomic E-state index is 12.8. The Labute approximate surface area is 178 Å². The lowest BCUT2D eigenvalue weighted by Crippen LogP contribution is -2.52. The van der Waals surface area contributed by atoms with E-state index in [1.165, 1.54) is 18.4 Å². The maximum atomic E-state index is 12.8. The van der Waals surface area contributed by atoms with Gasteiger partial charge in [0.15, 0.2) is 0 Å². The Kier molecular flexibility index (Phi) is 6.33. The molecule has 5 heteroatoms. The summed E-state index contributed by atoms with van der Waals surface area (Å²) in [6, 6.07) is 8.68. The third-order valence-corrected chi connectivity index (χ3v) is 8.14. The first kappa shape index (κ1) is 20.5. The lowest BCUT2D eigenvalue weighted by atomic mass is 9.83. The molecule has 2 saturated carbocycles. The zero-order valence-corrected chi connectivity index (χ0v) is 18.3. The summed E-state index contributed by atoms with van der Waals surface area (Å²) in [6.07, 6.45) is 9.26. The summed E-state index contributed by atoms with van der Waals surface area (Å²) in [6.45, 7) is 4.36. The van der Waals surface area contributed by atoms with Crippen molar-refractivity contribution in [2.45, 2.75) is 76.1 Å². The first-order valence-electron chi connectivity index (χ1n) is 11.0. The number of nitrogens with one attached hydrogen (secondary N) is 2. The second-order valence-corrected chi connectivity index (χ2v) is 10.4. The van der Waals surface area contributed by atoms with Crippen LogP contribution in [0.2, 0.25) is 0 Å². The lowest BCUT2D eigenvalue weighted by Gasteiger charge is -2.39. The van der Waals surface area contributed by atoms with Crippen LogP contribution in [0.4, 0.5) is 0 Å². The molecule has 1 aromatic rings. The SMILES string of the molecule is Cc1ccc(/C=C2/SC3CCC(C(=O)NC4CCC(C)CC4)CC3NC2=O)cc1. The number of amides is 2. The van der Waals surface area contributed by atoms with Crippen LogP contribution in [0.1, 0.15) is 63.0 Å². The van der Waals surface area contributed by atoms with E-state index in [0.717, 1.165) is 48.5 Å². The molecule has 3 unspecified atom stereocenters. The smallest absolute Gasteiger partial charge is 0.257 e. The first-order valence-corrected chi connectivity index (χ1v) is 11.9. The molecule has 0 radical (unpaired) electrons. The molecule has 1 saturated heterocycles.